The molecule has 13 heavy (non-hydrogen) atoms. The molecule has 0 bridgehead atoms. The number of rotatable bonds is 4. The average Bonchev–Trinajstić information content (AvgIpc) is 1.98. The summed E-state index contributed by atoms with van der Waals surface area (Å²) in [7, 11) is 0. The highest BCUT2D eigenvalue weighted by Crippen LogP contribution is 2.39. The molecular weight excluding hydrogens is 195 g/mol. The Hall–Kier alpha value is -0.390. The van der Waals surface area contributed by atoms with Gasteiger partial charge in [0.1, 0.15) is 0 Å². The van der Waals surface area contributed by atoms with E-state index in [1.54, 1.807) is 0 Å². The van der Waals surface area contributed by atoms with E-state index in [-0.39, 0.29) is 6.42 Å². The van der Waals surface area contributed by atoms with E-state index < -0.39 is 31.0 Å². The standard InChI is InChI=1S/C7H11F5O/c1-2-5(13)3-4-6(8,9)7(10,11)12/h5,13H,2-4H2,1H3. The Morgan fingerprint density at radius 3 is 1.92 bits per heavy atom. The highest BCUT2D eigenvalue weighted by molar-refractivity contribution is 4.76. The third-order valence-corrected chi connectivity index (χ3v) is 1.68. The maximum Gasteiger partial charge on any atom is 0.453 e. The van der Waals surface area contributed by atoms with Crippen LogP contribution in [-0.4, -0.2) is 23.3 Å². The van der Waals surface area contributed by atoms with Crippen molar-refractivity contribution >= 4 is 0 Å². The lowest BCUT2D eigenvalue weighted by Crippen LogP contribution is -2.37. The molecule has 0 fully saturated rings. The van der Waals surface area contributed by atoms with Gasteiger partial charge < -0.3 is 5.11 Å². The molecular formula is C7H11F5O. The highest BCUT2D eigenvalue weighted by atomic mass is 19.4. The van der Waals surface area contributed by atoms with E-state index in [0.717, 1.165) is 0 Å². The fourth-order valence-corrected chi connectivity index (χ4v) is 0.694. The Kier molecular flexibility index (Phi) is 4.09. The summed E-state index contributed by atoms with van der Waals surface area (Å²) >= 11 is 0. The van der Waals surface area contributed by atoms with Gasteiger partial charge in [-0.15, -0.1) is 0 Å². The second-order valence-corrected chi connectivity index (χ2v) is 2.80. The van der Waals surface area contributed by atoms with Crippen LogP contribution in [0.2, 0.25) is 0 Å². The van der Waals surface area contributed by atoms with E-state index in [1.807, 2.05) is 0 Å². The minimum absolute atomic E-state index is 0.175. The lowest BCUT2D eigenvalue weighted by atomic mass is 10.1. The molecule has 1 atom stereocenters. The molecule has 0 radical (unpaired) electrons. The predicted octanol–water partition coefficient (Wildman–Crippen LogP) is 2.74. The van der Waals surface area contributed by atoms with Crippen molar-refractivity contribution in [1.29, 1.82) is 0 Å². The molecule has 0 spiro atoms. The smallest absolute Gasteiger partial charge is 0.393 e. The van der Waals surface area contributed by atoms with Crippen LogP contribution in [-0.2, 0) is 0 Å². The summed E-state index contributed by atoms with van der Waals surface area (Å²) in [5.41, 5.74) is 0. The molecule has 1 N–H and O–H groups in total. The Bertz CT molecular complexity index is 153. The quantitative estimate of drug-likeness (QED) is 0.701. The number of aliphatic hydroxyl groups excluding tert-OH is 1. The van der Waals surface area contributed by atoms with Crippen molar-refractivity contribution in [3.05, 3.63) is 0 Å². The molecule has 0 amide bonds. The summed E-state index contributed by atoms with van der Waals surface area (Å²) in [6.07, 6.45) is -8.32. The Labute approximate surface area is 72.6 Å². The van der Waals surface area contributed by atoms with E-state index in [9.17, 15) is 22.0 Å². The van der Waals surface area contributed by atoms with Crippen molar-refractivity contribution in [1.82, 2.24) is 0 Å². The molecule has 0 rings (SSSR count). The second kappa shape index (κ2) is 4.21. The number of hydrogen-bond acceptors (Lipinski definition) is 1. The molecule has 0 aromatic rings. The zero-order valence-corrected chi connectivity index (χ0v) is 7.04. The molecule has 0 aromatic heterocycles. The van der Waals surface area contributed by atoms with Crippen LogP contribution >= 0.6 is 0 Å². The third kappa shape index (κ3) is 3.89. The maximum atomic E-state index is 12.2. The van der Waals surface area contributed by atoms with Gasteiger partial charge in [0.25, 0.3) is 0 Å². The zero-order valence-electron chi connectivity index (χ0n) is 7.04. The minimum atomic E-state index is -5.51. The van der Waals surface area contributed by atoms with Gasteiger partial charge in [-0.1, -0.05) is 6.92 Å². The molecule has 0 aliphatic carbocycles. The van der Waals surface area contributed by atoms with Gasteiger partial charge in [0.2, 0.25) is 0 Å². The zero-order chi connectivity index (χ0) is 10.7. The molecule has 80 valence electrons. The van der Waals surface area contributed by atoms with Crippen LogP contribution in [0.25, 0.3) is 0 Å². The number of alkyl halides is 5. The van der Waals surface area contributed by atoms with Gasteiger partial charge in [0.05, 0.1) is 6.10 Å². The largest absolute Gasteiger partial charge is 0.453 e. The van der Waals surface area contributed by atoms with Gasteiger partial charge in [0.15, 0.2) is 0 Å². The van der Waals surface area contributed by atoms with Gasteiger partial charge in [0, 0.05) is 6.42 Å². The first-order chi connectivity index (χ1) is 5.70. The van der Waals surface area contributed by atoms with Crippen molar-refractivity contribution in [2.75, 3.05) is 0 Å². The van der Waals surface area contributed by atoms with Gasteiger partial charge in [-0.25, -0.2) is 0 Å². The Balaban J connectivity index is 4.04. The van der Waals surface area contributed by atoms with Crippen molar-refractivity contribution < 1.29 is 27.1 Å². The number of halogens is 5. The Morgan fingerprint density at radius 1 is 1.15 bits per heavy atom. The summed E-state index contributed by atoms with van der Waals surface area (Å²) in [5, 5.41) is 8.79. The second-order valence-electron chi connectivity index (χ2n) is 2.80. The highest BCUT2D eigenvalue weighted by Gasteiger charge is 2.56. The third-order valence-electron chi connectivity index (χ3n) is 1.68. The topological polar surface area (TPSA) is 20.2 Å². The molecule has 0 saturated carbocycles. The predicted molar refractivity (Wildman–Crippen MR) is 36.5 cm³/mol. The van der Waals surface area contributed by atoms with E-state index >= 15 is 0 Å². The van der Waals surface area contributed by atoms with Crippen molar-refractivity contribution in [3.8, 4) is 0 Å². The Morgan fingerprint density at radius 2 is 1.62 bits per heavy atom. The number of aliphatic hydroxyl groups is 1. The van der Waals surface area contributed by atoms with Gasteiger partial charge >= 0.3 is 12.1 Å². The average molecular weight is 206 g/mol. The van der Waals surface area contributed by atoms with Crippen LogP contribution in [0.4, 0.5) is 22.0 Å². The van der Waals surface area contributed by atoms with Crippen LogP contribution in [0.15, 0.2) is 0 Å². The summed E-state index contributed by atoms with van der Waals surface area (Å²) < 4.78 is 59.1. The van der Waals surface area contributed by atoms with Gasteiger partial charge in [-0.05, 0) is 12.8 Å². The van der Waals surface area contributed by atoms with E-state index in [2.05, 4.69) is 0 Å². The lowest BCUT2D eigenvalue weighted by Gasteiger charge is -2.20. The van der Waals surface area contributed by atoms with E-state index in [0.29, 0.717) is 0 Å². The first kappa shape index (κ1) is 12.6. The molecule has 0 heterocycles. The van der Waals surface area contributed by atoms with Crippen LogP contribution < -0.4 is 0 Å². The SMILES string of the molecule is CCC(O)CCC(F)(F)C(F)(F)F. The number of hydrogen-bond donors (Lipinski definition) is 1. The van der Waals surface area contributed by atoms with Gasteiger partial charge in [-0.2, -0.15) is 22.0 Å². The normalized spacial score (nSPS) is 15.9. The van der Waals surface area contributed by atoms with Crippen molar-refractivity contribution in [2.24, 2.45) is 0 Å². The fourth-order valence-electron chi connectivity index (χ4n) is 0.694. The van der Waals surface area contributed by atoms with Crippen LogP contribution in [0.5, 0.6) is 0 Å². The van der Waals surface area contributed by atoms with Crippen LogP contribution in [0.3, 0.4) is 0 Å². The van der Waals surface area contributed by atoms with Crippen molar-refractivity contribution in [3.63, 3.8) is 0 Å². The molecule has 0 saturated heterocycles. The molecule has 6 heteroatoms. The first-order valence-corrected chi connectivity index (χ1v) is 3.83. The molecule has 1 unspecified atom stereocenters. The summed E-state index contributed by atoms with van der Waals surface area (Å²) in [6.45, 7) is 1.51. The van der Waals surface area contributed by atoms with E-state index in [1.165, 1.54) is 6.92 Å². The van der Waals surface area contributed by atoms with Crippen LogP contribution in [0, 0.1) is 0 Å². The maximum absolute atomic E-state index is 12.2. The van der Waals surface area contributed by atoms with Crippen molar-refractivity contribution in [2.45, 2.75) is 44.4 Å². The summed E-state index contributed by atoms with van der Waals surface area (Å²) in [5.74, 6) is -4.69. The molecule has 0 aliphatic heterocycles. The molecule has 0 aliphatic rings. The van der Waals surface area contributed by atoms with E-state index in [4.69, 9.17) is 5.11 Å². The molecule has 1 nitrogen and oxygen atoms in total. The first-order valence-electron chi connectivity index (χ1n) is 3.83. The molecule has 0 aromatic carbocycles. The lowest BCUT2D eigenvalue weighted by molar-refractivity contribution is -0.285. The summed E-state index contributed by atoms with van der Waals surface area (Å²) in [6, 6.07) is 0. The van der Waals surface area contributed by atoms with Crippen LogP contribution in [0.1, 0.15) is 26.2 Å². The monoisotopic (exact) mass is 206 g/mol. The van der Waals surface area contributed by atoms with Gasteiger partial charge in [-0.3, -0.25) is 0 Å². The summed E-state index contributed by atoms with van der Waals surface area (Å²) in [4.78, 5) is 0. The minimum Gasteiger partial charge on any atom is -0.393 e. The fraction of sp³-hybridized carbons (Fsp3) is 1.00.